The summed E-state index contributed by atoms with van der Waals surface area (Å²) in [6, 6.07) is 4.78. The number of aryl methyl sites for hydroxylation is 1. The van der Waals surface area contributed by atoms with Gasteiger partial charge in [-0.05, 0) is 19.1 Å². The number of rotatable bonds is 6. The van der Waals surface area contributed by atoms with Crippen LogP contribution in [0.15, 0.2) is 22.5 Å². The van der Waals surface area contributed by atoms with Crippen LogP contribution in [-0.4, -0.2) is 55.7 Å². The van der Waals surface area contributed by atoms with Gasteiger partial charge in [-0.15, -0.1) is 46.7 Å². The Morgan fingerprint density at radius 1 is 1.27 bits per heavy atom. The topological polar surface area (TPSA) is 61.8 Å². The number of nitrogens with zero attached hydrogens (tertiary/aromatic N) is 3. The van der Waals surface area contributed by atoms with E-state index in [0.29, 0.717) is 12.6 Å². The minimum atomic E-state index is 0. The zero-order chi connectivity index (χ0) is 20.9. The first kappa shape index (κ1) is 25.5. The van der Waals surface area contributed by atoms with Crippen molar-refractivity contribution in [3.63, 3.8) is 0 Å². The van der Waals surface area contributed by atoms with Gasteiger partial charge in [0.2, 0.25) is 0 Å². The SMILES string of the molecule is CN=C(NCc1nc(C(C)(C)C)cs1)NCC(c1ccc(C)s1)N1CCOCC1.I. The van der Waals surface area contributed by atoms with Crippen LogP contribution in [0.2, 0.25) is 0 Å². The van der Waals surface area contributed by atoms with Gasteiger partial charge in [-0.1, -0.05) is 20.8 Å². The fourth-order valence-corrected chi connectivity index (χ4v) is 5.21. The Morgan fingerprint density at radius 3 is 2.57 bits per heavy atom. The molecule has 0 spiro atoms. The van der Waals surface area contributed by atoms with Gasteiger partial charge >= 0.3 is 0 Å². The molecule has 1 aliphatic heterocycles. The first-order valence-corrected chi connectivity index (χ1v) is 11.8. The molecule has 0 aromatic carbocycles. The van der Waals surface area contributed by atoms with E-state index in [1.54, 1.807) is 11.3 Å². The molecule has 2 aromatic rings. The molecule has 0 radical (unpaired) electrons. The quantitative estimate of drug-likeness (QED) is 0.314. The second kappa shape index (κ2) is 11.8. The smallest absolute Gasteiger partial charge is 0.191 e. The monoisotopic (exact) mass is 563 g/mol. The number of hydrogen-bond acceptors (Lipinski definition) is 6. The third-order valence-corrected chi connectivity index (χ3v) is 6.94. The van der Waals surface area contributed by atoms with Crippen LogP contribution in [-0.2, 0) is 16.7 Å². The summed E-state index contributed by atoms with van der Waals surface area (Å²) in [4.78, 5) is 14.4. The fourth-order valence-electron chi connectivity index (χ4n) is 3.24. The zero-order valence-corrected chi connectivity index (χ0v) is 22.5. The van der Waals surface area contributed by atoms with E-state index in [1.165, 1.54) is 9.75 Å². The maximum atomic E-state index is 5.55. The van der Waals surface area contributed by atoms with Crippen LogP contribution in [0.3, 0.4) is 0 Å². The highest BCUT2D eigenvalue weighted by atomic mass is 127. The molecule has 1 aliphatic rings. The highest BCUT2D eigenvalue weighted by molar-refractivity contribution is 14.0. The van der Waals surface area contributed by atoms with Crippen molar-refractivity contribution in [1.29, 1.82) is 0 Å². The molecule has 0 saturated carbocycles. The number of hydrogen-bond donors (Lipinski definition) is 2. The van der Waals surface area contributed by atoms with E-state index in [1.807, 2.05) is 18.4 Å². The molecule has 0 bridgehead atoms. The maximum absolute atomic E-state index is 5.55. The molecule has 1 fully saturated rings. The van der Waals surface area contributed by atoms with Crippen LogP contribution in [0, 0.1) is 6.92 Å². The number of ether oxygens (including phenoxy) is 1. The van der Waals surface area contributed by atoms with Crippen LogP contribution >= 0.6 is 46.7 Å². The number of aromatic nitrogens is 1. The Hall–Kier alpha value is -0.750. The summed E-state index contributed by atoms with van der Waals surface area (Å²) >= 11 is 3.57. The van der Waals surface area contributed by atoms with Crippen molar-refractivity contribution in [2.45, 2.75) is 45.7 Å². The Balaban J connectivity index is 0.00000320. The van der Waals surface area contributed by atoms with E-state index >= 15 is 0 Å². The molecule has 3 rings (SSSR count). The lowest BCUT2D eigenvalue weighted by Crippen LogP contribution is -2.46. The molecular weight excluding hydrogens is 529 g/mol. The first-order chi connectivity index (χ1) is 13.9. The maximum Gasteiger partial charge on any atom is 0.191 e. The second-order valence-corrected chi connectivity index (χ2v) is 10.6. The summed E-state index contributed by atoms with van der Waals surface area (Å²) in [5.74, 6) is 0.809. The molecule has 1 saturated heterocycles. The molecule has 0 aliphatic carbocycles. The second-order valence-electron chi connectivity index (χ2n) is 8.30. The minimum absolute atomic E-state index is 0. The van der Waals surface area contributed by atoms with Crippen LogP contribution in [0.4, 0.5) is 0 Å². The summed E-state index contributed by atoms with van der Waals surface area (Å²) in [6.45, 7) is 13.8. The van der Waals surface area contributed by atoms with E-state index in [9.17, 15) is 0 Å². The molecular formula is C21H34IN5OS2. The molecule has 30 heavy (non-hydrogen) atoms. The molecule has 168 valence electrons. The third-order valence-electron chi connectivity index (χ3n) is 4.99. The molecule has 3 heterocycles. The lowest BCUT2D eigenvalue weighted by molar-refractivity contribution is 0.0177. The van der Waals surface area contributed by atoms with Crippen molar-refractivity contribution in [1.82, 2.24) is 20.5 Å². The van der Waals surface area contributed by atoms with Gasteiger partial charge in [-0.25, -0.2) is 4.98 Å². The minimum Gasteiger partial charge on any atom is -0.379 e. The molecule has 1 atom stereocenters. The number of nitrogens with one attached hydrogen (secondary N) is 2. The summed E-state index contributed by atoms with van der Waals surface area (Å²) in [7, 11) is 1.82. The molecule has 0 amide bonds. The van der Waals surface area contributed by atoms with Gasteiger partial charge in [0.15, 0.2) is 5.96 Å². The van der Waals surface area contributed by atoms with E-state index < -0.39 is 0 Å². The van der Waals surface area contributed by atoms with Gasteiger partial charge < -0.3 is 15.4 Å². The number of halogens is 1. The Morgan fingerprint density at radius 2 is 2.00 bits per heavy atom. The number of aliphatic imine (C=N–C) groups is 1. The lowest BCUT2D eigenvalue weighted by atomic mass is 9.93. The lowest BCUT2D eigenvalue weighted by Gasteiger charge is -2.34. The predicted molar refractivity (Wildman–Crippen MR) is 139 cm³/mol. The first-order valence-electron chi connectivity index (χ1n) is 10.1. The summed E-state index contributed by atoms with van der Waals surface area (Å²) in [5, 5.41) is 10.2. The van der Waals surface area contributed by atoms with Crippen molar-refractivity contribution >= 4 is 52.6 Å². The van der Waals surface area contributed by atoms with Crippen molar-refractivity contribution in [2.75, 3.05) is 39.9 Å². The van der Waals surface area contributed by atoms with Gasteiger partial charge in [0.05, 0.1) is 31.5 Å². The molecule has 1 unspecified atom stereocenters. The van der Waals surface area contributed by atoms with Crippen LogP contribution in [0.1, 0.15) is 47.3 Å². The molecule has 9 heteroatoms. The number of morpholine rings is 1. The van der Waals surface area contributed by atoms with Crippen LogP contribution < -0.4 is 10.6 Å². The largest absolute Gasteiger partial charge is 0.379 e. The molecule has 2 N–H and O–H groups in total. The predicted octanol–water partition coefficient (Wildman–Crippen LogP) is 4.17. The third kappa shape index (κ3) is 7.15. The normalized spacial score (nSPS) is 16.8. The van der Waals surface area contributed by atoms with Crippen LogP contribution in [0.25, 0.3) is 0 Å². The number of guanidine groups is 1. The fraction of sp³-hybridized carbons (Fsp3) is 0.619. The van der Waals surface area contributed by atoms with Crippen molar-refractivity contribution < 1.29 is 4.74 Å². The zero-order valence-electron chi connectivity index (χ0n) is 18.5. The summed E-state index contributed by atoms with van der Waals surface area (Å²) in [6.07, 6.45) is 0. The van der Waals surface area contributed by atoms with Crippen LogP contribution in [0.5, 0.6) is 0 Å². The Kier molecular flexibility index (Phi) is 9.99. The van der Waals surface area contributed by atoms with E-state index in [0.717, 1.165) is 49.5 Å². The van der Waals surface area contributed by atoms with Gasteiger partial charge in [0.1, 0.15) is 5.01 Å². The van der Waals surface area contributed by atoms with Gasteiger partial charge in [0, 0.05) is 47.2 Å². The average Bonchev–Trinajstić information content (AvgIpc) is 3.34. The average molecular weight is 564 g/mol. The van der Waals surface area contributed by atoms with E-state index in [-0.39, 0.29) is 29.4 Å². The summed E-state index contributed by atoms with van der Waals surface area (Å²) < 4.78 is 5.55. The molecule has 2 aromatic heterocycles. The standard InChI is InChI=1S/C21H33N5OS2.HI/c1-15-6-7-17(29-15)16(26-8-10-27-11-9-26)12-23-20(22-5)24-13-19-25-18(14-28-19)21(2,3)4;/h6-7,14,16H,8-13H2,1-5H3,(H2,22,23,24);1H. The number of thiophene rings is 1. The van der Waals surface area contributed by atoms with E-state index in [2.05, 4.69) is 65.7 Å². The van der Waals surface area contributed by atoms with E-state index in [4.69, 9.17) is 9.72 Å². The van der Waals surface area contributed by atoms with Crippen molar-refractivity contribution in [3.05, 3.63) is 38.0 Å². The van der Waals surface area contributed by atoms with Gasteiger partial charge in [0.25, 0.3) is 0 Å². The van der Waals surface area contributed by atoms with Gasteiger partial charge in [-0.3, -0.25) is 9.89 Å². The highest BCUT2D eigenvalue weighted by Gasteiger charge is 2.24. The highest BCUT2D eigenvalue weighted by Crippen LogP contribution is 2.28. The number of thiazole rings is 1. The Bertz CT molecular complexity index is 808. The summed E-state index contributed by atoms with van der Waals surface area (Å²) in [5.41, 5.74) is 1.22. The van der Waals surface area contributed by atoms with Gasteiger partial charge in [-0.2, -0.15) is 0 Å². The Labute approximate surface area is 205 Å². The van der Waals surface area contributed by atoms with Crippen molar-refractivity contribution in [3.8, 4) is 0 Å². The molecule has 6 nitrogen and oxygen atoms in total. The van der Waals surface area contributed by atoms with Crippen molar-refractivity contribution in [2.24, 2.45) is 4.99 Å².